The largest absolute Gasteiger partial charge is 0.385 e. The van der Waals surface area contributed by atoms with E-state index in [0.29, 0.717) is 25.1 Å². The SMILES string of the molecule is CN(CC(=O)Nc1ccccc1Br)C(=O)CCCNc1ccc([N+](=O)[O-])cc1. The van der Waals surface area contributed by atoms with Gasteiger partial charge in [-0.25, -0.2) is 0 Å². The van der Waals surface area contributed by atoms with Gasteiger partial charge in [-0.2, -0.15) is 0 Å². The highest BCUT2D eigenvalue weighted by Gasteiger charge is 2.13. The highest BCUT2D eigenvalue weighted by molar-refractivity contribution is 9.10. The van der Waals surface area contributed by atoms with Crippen LogP contribution < -0.4 is 10.6 Å². The maximum absolute atomic E-state index is 12.2. The van der Waals surface area contributed by atoms with Crippen LogP contribution in [0.25, 0.3) is 0 Å². The Hall–Kier alpha value is -2.94. The van der Waals surface area contributed by atoms with Gasteiger partial charge in [-0.05, 0) is 46.6 Å². The third-order valence-electron chi connectivity index (χ3n) is 3.93. The number of carbonyl (C=O) groups is 2. The summed E-state index contributed by atoms with van der Waals surface area (Å²) < 4.78 is 0.773. The van der Waals surface area contributed by atoms with Gasteiger partial charge in [0.2, 0.25) is 11.8 Å². The smallest absolute Gasteiger partial charge is 0.269 e. The summed E-state index contributed by atoms with van der Waals surface area (Å²) in [7, 11) is 1.59. The zero-order chi connectivity index (χ0) is 20.5. The zero-order valence-electron chi connectivity index (χ0n) is 15.4. The molecule has 0 heterocycles. The van der Waals surface area contributed by atoms with E-state index in [1.165, 1.54) is 17.0 Å². The minimum Gasteiger partial charge on any atom is -0.385 e. The quantitative estimate of drug-likeness (QED) is 0.346. The summed E-state index contributed by atoms with van der Waals surface area (Å²) in [6.45, 7) is 0.510. The minimum atomic E-state index is -0.453. The third-order valence-corrected chi connectivity index (χ3v) is 4.62. The topological polar surface area (TPSA) is 105 Å². The average Bonchev–Trinajstić information content (AvgIpc) is 2.67. The second-order valence-electron chi connectivity index (χ2n) is 6.11. The average molecular weight is 449 g/mol. The van der Waals surface area contributed by atoms with Crippen LogP contribution >= 0.6 is 15.9 Å². The Balaban J connectivity index is 1.69. The van der Waals surface area contributed by atoms with Crippen LogP contribution in [0.15, 0.2) is 53.0 Å². The first-order valence-electron chi connectivity index (χ1n) is 8.63. The van der Waals surface area contributed by atoms with Gasteiger partial charge in [-0.3, -0.25) is 19.7 Å². The molecule has 2 N–H and O–H groups in total. The summed E-state index contributed by atoms with van der Waals surface area (Å²) in [5, 5.41) is 16.5. The summed E-state index contributed by atoms with van der Waals surface area (Å²) in [4.78, 5) is 35.8. The first kappa shape index (κ1) is 21.4. The molecule has 0 aromatic heterocycles. The number of hydrogen-bond donors (Lipinski definition) is 2. The van der Waals surface area contributed by atoms with Crippen LogP contribution in [0.1, 0.15) is 12.8 Å². The van der Waals surface area contributed by atoms with Crippen LogP contribution in [0.4, 0.5) is 17.1 Å². The van der Waals surface area contributed by atoms with E-state index >= 15 is 0 Å². The van der Waals surface area contributed by atoms with Crippen molar-refractivity contribution in [3.63, 3.8) is 0 Å². The number of rotatable bonds is 9. The van der Waals surface area contributed by atoms with E-state index in [2.05, 4.69) is 26.6 Å². The van der Waals surface area contributed by atoms with Gasteiger partial charge in [0.1, 0.15) is 0 Å². The maximum Gasteiger partial charge on any atom is 0.269 e. The number of hydrogen-bond acceptors (Lipinski definition) is 5. The maximum atomic E-state index is 12.2. The molecule has 9 heteroatoms. The Morgan fingerprint density at radius 3 is 2.46 bits per heavy atom. The van der Waals surface area contributed by atoms with Crippen LogP contribution in [0, 0.1) is 10.1 Å². The lowest BCUT2D eigenvalue weighted by molar-refractivity contribution is -0.384. The number of benzene rings is 2. The molecular formula is C19H21BrN4O4. The Bertz CT molecular complexity index is 842. The van der Waals surface area contributed by atoms with Crippen molar-refractivity contribution in [2.45, 2.75) is 12.8 Å². The highest BCUT2D eigenvalue weighted by Crippen LogP contribution is 2.21. The van der Waals surface area contributed by atoms with E-state index in [4.69, 9.17) is 0 Å². The number of amides is 2. The van der Waals surface area contributed by atoms with Crippen LogP contribution in [0.3, 0.4) is 0 Å². The number of halogens is 1. The zero-order valence-corrected chi connectivity index (χ0v) is 16.9. The molecule has 2 aromatic carbocycles. The molecule has 0 unspecified atom stereocenters. The van der Waals surface area contributed by atoms with Gasteiger partial charge in [0.15, 0.2) is 0 Å². The molecule has 0 saturated carbocycles. The van der Waals surface area contributed by atoms with Crippen molar-refractivity contribution >= 4 is 44.8 Å². The molecule has 0 aliphatic heterocycles. The molecular weight excluding hydrogens is 428 g/mol. The van der Waals surface area contributed by atoms with Gasteiger partial charge < -0.3 is 15.5 Å². The van der Waals surface area contributed by atoms with Gasteiger partial charge in [-0.15, -0.1) is 0 Å². The fraction of sp³-hybridized carbons (Fsp3) is 0.263. The summed E-state index contributed by atoms with van der Waals surface area (Å²) in [5.74, 6) is -0.403. The Morgan fingerprint density at radius 1 is 1.14 bits per heavy atom. The third kappa shape index (κ3) is 6.66. The van der Waals surface area contributed by atoms with Crippen LogP contribution in [0.5, 0.6) is 0 Å². The Morgan fingerprint density at radius 2 is 1.82 bits per heavy atom. The fourth-order valence-electron chi connectivity index (χ4n) is 2.42. The summed E-state index contributed by atoms with van der Waals surface area (Å²) in [6, 6.07) is 13.3. The second-order valence-corrected chi connectivity index (χ2v) is 6.97. The molecule has 0 radical (unpaired) electrons. The van der Waals surface area contributed by atoms with Gasteiger partial charge in [0.05, 0.1) is 17.2 Å². The molecule has 148 valence electrons. The van der Waals surface area contributed by atoms with E-state index in [1.54, 1.807) is 25.2 Å². The first-order valence-corrected chi connectivity index (χ1v) is 9.43. The number of carbonyl (C=O) groups excluding carboxylic acids is 2. The number of nitrogens with one attached hydrogen (secondary N) is 2. The van der Waals surface area contributed by atoms with Crippen LogP contribution in [-0.4, -0.2) is 41.8 Å². The summed E-state index contributed by atoms with van der Waals surface area (Å²) >= 11 is 3.36. The van der Waals surface area contributed by atoms with Gasteiger partial charge >= 0.3 is 0 Å². The van der Waals surface area contributed by atoms with E-state index in [-0.39, 0.29) is 24.0 Å². The molecule has 0 saturated heterocycles. The van der Waals surface area contributed by atoms with E-state index < -0.39 is 4.92 Å². The van der Waals surface area contributed by atoms with Crippen molar-refractivity contribution in [1.82, 2.24) is 4.90 Å². The molecule has 0 atom stereocenters. The number of nitrogens with zero attached hydrogens (tertiary/aromatic N) is 2. The molecule has 8 nitrogen and oxygen atoms in total. The normalized spacial score (nSPS) is 10.2. The van der Waals surface area contributed by atoms with Gasteiger partial charge in [0, 0.05) is 42.3 Å². The van der Waals surface area contributed by atoms with Crippen molar-refractivity contribution in [2.75, 3.05) is 30.8 Å². The van der Waals surface area contributed by atoms with Crippen molar-refractivity contribution in [2.24, 2.45) is 0 Å². The molecule has 0 fully saturated rings. The lowest BCUT2D eigenvalue weighted by Gasteiger charge is -2.17. The van der Waals surface area contributed by atoms with Crippen LogP contribution in [-0.2, 0) is 9.59 Å². The number of anilines is 2. The lowest BCUT2D eigenvalue weighted by atomic mass is 10.2. The lowest BCUT2D eigenvalue weighted by Crippen LogP contribution is -2.35. The molecule has 2 aromatic rings. The van der Waals surface area contributed by atoms with Crippen molar-refractivity contribution in [3.8, 4) is 0 Å². The van der Waals surface area contributed by atoms with Gasteiger partial charge in [-0.1, -0.05) is 12.1 Å². The predicted molar refractivity (Wildman–Crippen MR) is 111 cm³/mol. The summed E-state index contributed by atoms with van der Waals surface area (Å²) in [5.41, 5.74) is 1.43. The fourth-order valence-corrected chi connectivity index (χ4v) is 2.80. The van der Waals surface area contributed by atoms with Crippen molar-refractivity contribution in [1.29, 1.82) is 0 Å². The number of nitro groups is 1. The standard InChI is InChI=1S/C19H21BrN4O4/c1-23(13-18(25)22-17-6-3-2-5-16(17)20)19(26)7-4-12-21-14-8-10-15(11-9-14)24(27)28/h2-3,5-6,8-11,21H,4,7,12-13H2,1H3,(H,22,25). The Kier molecular flexibility index (Phi) is 7.94. The monoisotopic (exact) mass is 448 g/mol. The van der Waals surface area contributed by atoms with E-state index in [1.807, 2.05) is 18.2 Å². The number of nitro benzene ring substituents is 1. The number of likely N-dealkylation sites (N-methyl/N-ethyl adjacent to an activating group) is 1. The summed E-state index contributed by atoms with van der Waals surface area (Å²) in [6.07, 6.45) is 0.866. The van der Waals surface area contributed by atoms with Crippen molar-refractivity contribution in [3.05, 3.63) is 63.1 Å². The second kappa shape index (κ2) is 10.4. The number of non-ortho nitro benzene ring substituents is 1. The van der Waals surface area contributed by atoms with Gasteiger partial charge in [0.25, 0.3) is 5.69 Å². The molecule has 0 aliphatic carbocycles. The van der Waals surface area contributed by atoms with E-state index in [0.717, 1.165) is 10.2 Å². The minimum absolute atomic E-state index is 0.0307. The predicted octanol–water partition coefficient (Wildman–Crippen LogP) is 3.65. The highest BCUT2D eigenvalue weighted by atomic mass is 79.9. The van der Waals surface area contributed by atoms with Crippen molar-refractivity contribution < 1.29 is 14.5 Å². The molecule has 2 amide bonds. The Labute approximate surface area is 171 Å². The van der Waals surface area contributed by atoms with Crippen LogP contribution in [0.2, 0.25) is 0 Å². The molecule has 28 heavy (non-hydrogen) atoms. The van der Waals surface area contributed by atoms with E-state index in [9.17, 15) is 19.7 Å². The first-order chi connectivity index (χ1) is 13.4. The molecule has 2 rings (SSSR count). The number of para-hydroxylation sites is 1. The molecule has 0 spiro atoms. The molecule has 0 aliphatic rings. The molecule has 0 bridgehead atoms.